The number of halogens is 4. The second-order valence-corrected chi connectivity index (χ2v) is 5.61. The fraction of sp³-hybridized carbons (Fsp3) is 0.133. The molecule has 0 fully saturated rings. The van der Waals surface area contributed by atoms with Crippen LogP contribution in [0.15, 0.2) is 36.5 Å². The van der Waals surface area contributed by atoms with Gasteiger partial charge in [-0.25, -0.2) is 9.00 Å². The van der Waals surface area contributed by atoms with E-state index in [1.165, 1.54) is 19.2 Å². The quantitative estimate of drug-likeness (QED) is 0.640. The van der Waals surface area contributed by atoms with E-state index in [0.29, 0.717) is 12.3 Å². The van der Waals surface area contributed by atoms with Crippen molar-refractivity contribution in [1.82, 2.24) is 4.98 Å². The number of amides is 1. The molecule has 2 aromatic rings. The van der Waals surface area contributed by atoms with E-state index < -0.39 is 17.8 Å². The van der Waals surface area contributed by atoms with E-state index in [1.54, 1.807) is 12.1 Å². The van der Waals surface area contributed by atoms with E-state index in [0.717, 1.165) is 0 Å². The molecular weight excluding hydrogens is 381 g/mol. The number of nitrogens with zero attached hydrogens (tertiary/aromatic N) is 1. The van der Waals surface area contributed by atoms with Crippen molar-refractivity contribution in [3.8, 4) is 0 Å². The predicted molar refractivity (Wildman–Crippen MR) is 88.1 cm³/mol. The van der Waals surface area contributed by atoms with Gasteiger partial charge in [-0.3, -0.25) is 10.3 Å². The Labute approximate surface area is 148 Å². The highest BCUT2D eigenvalue weighted by Gasteiger charge is 2.32. The van der Waals surface area contributed by atoms with Gasteiger partial charge in [0.1, 0.15) is 10.6 Å². The van der Waals surface area contributed by atoms with Gasteiger partial charge in [0.2, 0.25) is 0 Å². The number of rotatable bonds is 3. The molecule has 0 saturated carbocycles. The Bertz CT molecular complexity index is 867. The maximum Gasteiger partial charge on any atom is 0.417 e. The van der Waals surface area contributed by atoms with Crippen molar-refractivity contribution in [1.29, 1.82) is 0 Å². The summed E-state index contributed by atoms with van der Waals surface area (Å²) in [4.78, 5) is 15.1. The normalized spacial score (nSPS) is 10.9. The van der Waals surface area contributed by atoms with Crippen molar-refractivity contribution < 1.29 is 26.9 Å². The number of methoxy groups -OCH3 is 1. The molecule has 1 amide bonds. The summed E-state index contributed by atoms with van der Waals surface area (Å²) < 4.78 is 54.2. The van der Waals surface area contributed by atoms with Crippen LogP contribution in [0, 0.1) is 0 Å². The molecule has 132 valence electrons. The molecule has 0 aliphatic carbocycles. The van der Waals surface area contributed by atoms with Crippen LogP contribution >= 0.6 is 11.6 Å². The summed E-state index contributed by atoms with van der Waals surface area (Å²) in [7, 11) is 1.17. The van der Waals surface area contributed by atoms with Crippen LogP contribution in [0.2, 0.25) is 5.02 Å². The average molecular weight is 391 g/mol. The van der Waals surface area contributed by atoms with Crippen molar-refractivity contribution in [2.45, 2.75) is 6.18 Å². The van der Waals surface area contributed by atoms with Crippen LogP contribution in [-0.2, 0) is 22.2 Å². The zero-order chi connectivity index (χ0) is 18.6. The summed E-state index contributed by atoms with van der Waals surface area (Å²) in [5, 5.41) is 2.08. The number of pyridine rings is 1. The maximum atomic E-state index is 12.7. The summed E-state index contributed by atoms with van der Waals surface area (Å²) in [6.45, 7) is 0. The van der Waals surface area contributed by atoms with Gasteiger partial charge >= 0.3 is 12.3 Å². The molecule has 1 aromatic carbocycles. The molecule has 0 radical (unpaired) electrons. The smallest absolute Gasteiger partial charge is 0.417 e. The molecule has 0 aliphatic rings. The molecule has 0 unspecified atom stereocenters. The van der Waals surface area contributed by atoms with Crippen LogP contribution in [0.1, 0.15) is 16.8 Å². The molecule has 1 heterocycles. The Balaban J connectivity index is 2.52. The third kappa shape index (κ3) is 4.37. The molecule has 10 heteroatoms. The first-order valence-corrected chi connectivity index (χ1v) is 7.74. The lowest BCUT2D eigenvalue weighted by atomic mass is 10.1. The summed E-state index contributed by atoms with van der Waals surface area (Å²) in [6, 6.07) is 6.88. The number of alkyl halides is 3. The molecule has 2 rings (SSSR count). The zero-order valence-electron chi connectivity index (χ0n) is 12.6. The van der Waals surface area contributed by atoms with Crippen LogP contribution in [0.4, 0.5) is 23.7 Å². The first-order valence-electron chi connectivity index (χ1n) is 6.62. The fourth-order valence-electron chi connectivity index (χ4n) is 1.92. The number of aromatic nitrogens is 1. The van der Waals surface area contributed by atoms with Gasteiger partial charge in [-0.2, -0.15) is 13.2 Å². The molecule has 0 aliphatic heterocycles. The lowest BCUT2D eigenvalue weighted by molar-refractivity contribution is -0.137. The van der Waals surface area contributed by atoms with E-state index in [1.807, 2.05) is 0 Å². The molecule has 0 atom stereocenters. The summed E-state index contributed by atoms with van der Waals surface area (Å²) >= 11 is 5.90. The van der Waals surface area contributed by atoms with Gasteiger partial charge in [-0.1, -0.05) is 29.8 Å². The molecule has 0 spiro atoms. The van der Waals surface area contributed by atoms with E-state index in [-0.39, 0.29) is 38.1 Å². The summed E-state index contributed by atoms with van der Waals surface area (Å²) in [6.07, 6.45) is -4.79. The Kier molecular flexibility index (Phi) is 5.81. The topological polar surface area (TPSA) is 68.3 Å². The number of anilines is 1. The Morgan fingerprint density at radius 2 is 2.00 bits per heavy atom. The molecule has 25 heavy (non-hydrogen) atoms. The minimum absolute atomic E-state index is 0.00116. The Morgan fingerprint density at radius 3 is 2.56 bits per heavy atom. The third-order valence-corrected chi connectivity index (χ3v) is 3.93. The van der Waals surface area contributed by atoms with Gasteiger partial charge in [0.05, 0.1) is 34.6 Å². The number of carbonyl (C=O) groups excluding carboxylic acids is 1. The van der Waals surface area contributed by atoms with Crippen molar-refractivity contribution in [3.05, 3.63) is 58.4 Å². The van der Waals surface area contributed by atoms with Gasteiger partial charge in [-0.05, 0) is 12.1 Å². The number of hydrogen-bond acceptors (Lipinski definition) is 4. The predicted octanol–water partition coefficient (Wildman–Crippen LogP) is 3.71. The van der Waals surface area contributed by atoms with Crippen molar-refractivity contribution in [3.63, 3.8) is 0 Å². The van der Waals surface area contributed by atoms with E-state index >= 15 is 0 Å². The van der Waals surface area contributed by atoms with Crippen LogP contribution in [0.25, 0.3) is 0 Å². The highest BCUT2D eigenvalue weighted by molar-refractivity contribution is 7.67. The summed E-state index contributed by atoms with van der Waals surface area (Å²) in [5.41, 5.74) is -0.668. The highest BCUT2D eigenvalue weighted by Crippen LogP contribution is 2.32. The molecule has 0 saturated heterocycles. The van der Waals surface area contributed by atoms with Crippen LogP contribution in [-0.4, -0.2) is 27.3 Å². The average Bonchev–Trinajstić information content (AvgIpc) is 2.57. The number of nitrogens with one attached hydrogen (secondary N) is 1. The Morgan fingerprint density at radius 1 is 1.32 bits per heavy atom. The van der Waals surface area contributed by atoms with E-state index in [2.05, 4.69) is 15.0 Å². The molecular formula is C15H10ClF3N2O3S. The van der Waals surface area contributed by atoms with E-state index in [9.17, 15) is 22.2 Å². The number of carbonyl (C=O) groups is 1. The molecule has 1 aromatic heterocycles. The zero-order valence-corrected chi connectivity index (χ0v) is 14.1. The monoisotopic (exact) mass is 390 g/mol. The van der Waals surface area contributed by atoms with Gasteiger partial charge in [0.25, 0.3) is 0 Å². The standard InChI is InChI=1S/C15H10ClF3N2O3S/c1-24-14(22)21-11-5-3-2-4-9(11)13(25-23)12-10(16)6-8(7-20-12)15(17,18)19/h2-7H,1H3,(H,21,22). The second-order valence-electron chi connectivity index (χ2n) is 4.63. The molecule has 5 nitrogen and oxygen atoms in total. The van der Waals surface area contributed by atoms with Crippen molar-refractivity contribution in [2.24, 2.45) is 0 Å². The molecule has 0 bridgehead atoms. The van der Waals surface area contributed by atoms with Crippen molar-refractivity contribution >= 4 is 39.5 Å². The molecule has 1 N–H and O–H groups in total. The second kappa shape index (κ2) is 7.66. The maximum absolute atomic E-state index is 12.7. The van der Waals surface area contributed by atoms with Gasteiger partial charge in [0.15, 0.2) is 0 Å². The lowest BCUT2D eigenvalue weighted by Crippen LogP contribution is -2.16. The number of hydrogen-bond donors (Lipinski definition) is 1. The summed E-state index contributed by atoms with van der Waals surface area (Å²) in [5.74, 6) is 0. The van der Waals surface area contributed by atoms with Crippen LogP contribution in [0.3, 0.4) is 0 Å². The number of benzene rings is 1. The number of ether oxygens (including phenoxy) is 1. The SMILES string of the molecule is COC(=O)Nc1ccccc1C(=S=O)c1ncc(C(F)(F)F)cc1Cl. The minimum Gasteiger partial charge on any atom is -0.453 e. The number of para-hydroxylation sites is 1. The first-order chi connectivity index (χ1) is 11.8. The minimum atomic E-state index is -4.61. The van der Waals surface area contributed by atoms with Gasteiger partial charge in [-0.15, -0.1) is 0 Å². The fourth-order valence-corrected chi connectivity index (χ4v) is 2.75. The highest BCUT2D eigenvalue weighted by atomic mass is 35.5. The largest absolute Gasteiger partial charge is 0.453 e. The van der Waals surface area contributed by atoms with E-state index in [4.69, 9.17) is 11.6 Å². The van der Waals surface area contributed by atoms with Crippen LogP contribution < -0.4 is 5.32 Å². The third-order valence-electron chi connectivity index (χ3n) is 3.06. The van der Waals surface area contributed by atoms with Gasteiger partial charge < -0.3 is 4.74 Å². The van der Waals surface area contributed by atoms with Crippen molar-refractivity contribution in [2.75, 3.05) is 12.4 Å². The Hall–Kier alpha value is -2.39. The van der Waals surface area contributed by atoms with Crippen LogP contribution in [0.5, 0.6) is 0 Å². The first kappa shape index (κ1) is 18.9. The van der Waals surface area contributed by atoms with Gasteiger partial charge in [0, 0.05) is 11.8 Å². The lowest BCUT2D eigenvalue weighted by Gasteiger charge is -2.13.